The van der Waals surface area contributed by atoms with E-state index in [4.69, 9.17) is 12.0 Å². The molecule has 0 fully saturated rings. The highest BCUT2D eigenvalue weighted by atomic mass is 16.4. The van der Waals surface area contributed by atoms with E-state index in [2.05, 4.69) is 0 Å². The van der Waals surface area contributed by atoms with Gasteiger partial charge in [0.2, 0.25) is 5.60 Å². The van der Waals surface area contributed by atoms with E-state index in [1.807, 2.05) is 0 Å². The van der Waals surface area contributed by atoms with Gasteiger partial charge in [-0.15, -0.1) is 0 Å². The predicted octanol–water partition coefficient (Wildman–Crippen LogP) is 0.191. The van der Waals surface area contributed by atoms with E-state index in [9.17, 15) is 14.7 Å². The number of aliphatic carboxylic acids is 1. The Morgan fingerprint density at radius 1 is 1.73 bits per heavy atom. The molecule has 0 unspecified atom stereocenters. The summed E-state index contributed by atoms with van der Waals surface area (Å²) in [5, 5.41) is 18.2. The summed E-state index contributed by atoms with van der Waals surface area (Å²) in [7, 11) is 0. The zero-order valence-corrected chi connectivity index (χ0v) is 5.92. The summed E-state index contributed by atoms with van der Waals surface area (Å²) in [6.07, 6.45) is -4.04. The molecule has 11 heavy (non-hydrogen) atoms. The Labute approximate surface area is 71.9 Å². The Kier molecular flexibility index (Phi) is 1.33. The van der Waals surface area contributed by atoms with E-state index in [1.165, 1.54) is 6.92 Å². The summed E-state index contributed by atoms with van der Waals surface area (Å²) in [5.41, 5.74) is -3.56. The second-order valence-corrected chi connectivity index (χ2v) is 1.92. The minimum Gasteiger partial charge on any atom is -0.479 e. The van der Waals surface area contributed by atoms with Gasteiger partial charge in [-0.1, -0.05) is 13.8 Å². The molecule has 0 saturated carbocycles. The highest BCUT2D eigenvalue weighted by molar-refractivity contribution is 6.05. The minimum absolute atomic E-state index is 0.488. The molecule has 0 aromatic heterocycles. The Balaban J connectivity index is 5.73. The second-order valence-electron chi connectivity index (χ2n) is 1.92. The fourth-order valence-corrected chi connectivity index (χ4v) is 0.498. The molecule has 0 rings (SSSR count). The summed E-state index contributed by atoms with van der Waals surface area (Å²) >= 11 is 0. The molecule has 0 aliphatic heterocycles. The number of carboxylic acid groups (broad SMARTS) is 1. The van der Waals surface area contributed by atoms with Crippen LogP contribution in [0.2, 0.25) is 0 Å². The summed E-state index contributed by atoms with van der Waals surface area (Å²) in [6.45, 7) is -2.23. The summed E-state index contributed by atoms with van der Waals surface area (Å²) < 4.78 is 34.8. The van der Waals surface area contributed by atoms with Crippen molar-refractivity contribution in [1.29, 1.82) is 0 Å². The topological polar surface area (TPSA) is 74.6 Å². The van der Waals surface area contributed by atoms with Gasteiger partial charge in [0.1, 0.15) is 0 Å². The number of hydrogen-bond acceptors (Lipinski definition) is 3. The van der Waals surface area contributed by atoms with Crippen LogP contribution in [0.3, 0.4) is 0 Å². The van der Waals surface area contributed by atoms with Crippen molar-refractivity contribution >= 4 is 11.8 Å². The standard InChI is InChI=1S/C7H12O4/c1-3-5(8)7(11,4-2)6(9)10/h11H,3-4H2,1-2H3,(H,9,10)/t7-/m0/s1/i1+1,2D3,4D2. The first kappa shape index (κ1) is 4.21. The van der Waals surface area contributed by atoms with Crippen LogP contribution in [0.25, 0.3) is 0 Å². The van der Waals surface area contributed by atoms with Crippen molar-refractivity contribution < 1.29 is 26.7 Å². The van der Waals surface area contributed by atoms with Crippen molar-refractivity contribution in [3.8, 4) is 0 Å². The molecule has 0 aromatic rings. The van der Waals surface area contributed by atoms with Crippen LogP contribution in [-0.4, -0.2) is 27.6 Å². The third-order valence-corrected chi connectivity index (χ3v) is 1.22. The molecular weight excluding hydrogens is 149 g/mol. The van der Waals surface area contributed by atoms with Crippen LogP contribution in [0.15, 0.2) is 0 Å². The van der Waals surface area contributed by atoms with Crippen LogP contribution in [0.5, 0.6) is 0 Å². The number of carbonyl (C=O) groups excluding carboxylic acids is 1. The molecule has 0 heterocycles. The average molecular weight is 166 g/mol. The van der Waals surface area contributed by atoms with Crippen molar-refractivity contribution in [1.82, 2.24) is 0 Å². The SMILES string of the molecule is [2H]C([2H])([2H])C([2H])([2H])[C@@](O)(C(=O)O)C(=O)C[13CH3]. The molecule has 0 radical (unpaired) electrons. The molecule has 64 valence electrons. The van der Waals surface area contributed by atoms with Crippen molar-refractivity contribution in [2.75, 3.05) is 0 Å². The number of rotatable bonds is 4. The highest BCUT2D eigenvalue weighted by Gasteiger charge is 2.40. The smallest absolute Gasteiger partial charge is 0.343 e. The first-order chi connectivity index (χ1) is 6.92. The van der Waals surface area contributed by atoms with Gasteiger partial charge in [0, 0.05) is 13.3 Å². The first-order valence-corrected chi connectivity index (χ1v) is 2.92. The van der Waals surface area contributed by atoms with Crippen LogP contribution in [0.1, 0.15) is 33.4 Å². The third-order valence-electron chi connectivity index (χ3n) is 1.22. The van der Waals surface area contributed by atoms with Gasteiger partial charge in [0.15, 0.2) is 5.78 Å². The van der Waals surface area contributed by atoms with Crippen LogP contribution in [0, 0.1) is 0 Å². The molecule has 1 atom stereocenters. The normalized spacial score (nSPS) is 24.7. The van der Waals surface area contributed by atoms with Gasteiger partial charge in [-0.05, 0) is 6.37 Å². The number of carbonyl (C=O) groups is 2. The minimum atomic E-state index is -3.56. The quantitative estimate of drug-likeness (QED) is 0.462. The zero-order valence-electron chi connectivity index (χ0n) is 10.9. The lowest BCUT2D eigenvalue weighted by atomic mass is 9.95. The van der Waals surface area contributed by atoms with Crippen LogP contribution in [-0.2, 0) is 9.59 Å². The largest absolute Gasteiger partial charge is 0.479 e. The lowest BCUT2D eigenvalue weighted by molar-refractivity contribution is -0.165. The molecule has 0 bridgehead atoms. The fourth-order valence-electron chi connectivity index (χ4n) is 0.498. The van der Waals surface area contributed by atoms with Gasteiger partial charge in [-0.2, -0.15) is 0 Å². The second kappa shape index (κ2) is 3.48. The Hall–Kier alpha value is -0.900. The lowest BCUT2D eigenvalue weighted by Crippen LogP contribution is -2.45. The Morgan fingerprint density at radius 2 is 2.27 bits per heavy atom. The average Bonchev–Trinajstić information content (AvgIpc) is 2.12. The van der Waals surface area contributed by atoms with Crippen molar-refractivity contribution in [2.24, 2.45) is 0 Å². The third kappa shape index (κ3) is 1.77. The number of aliphatic hydroxyl groups is 1. The van der Waals surface area contributed by atoms with Crippen molar-refractivity contribution in [3.05, 3.63) is 0 Å². The number of hydrogen-bond donors (Lipinski definition) is 2. The molecule has 4 heteroatoms. The molecule has 2 N–H and O–H groups in total. The maximum Gasteiger partial charge on any atom is 0.343 e. The molecular formula is C7H12O4. The van der Waals surface area contributed by atoms with E-state index in [0.29, 0.717) is 0 Å². The van der Waals surface area contributed by atoms with Gasteiger partial charge in [0.05, 0.1) is 0 Å². The van der Waals surface area contributed by atoms with Crippen molar-refractivity contribution in [2.45, 2.75) is 32.2 Å². The van der Waals surface area contributed by atoms with Crippen LogP contribution >= 0.6 is 0 Å². The molecule has 4 nitrogen and oxygen atoms in total. The molecule has 0 amide bonds. The maximum absolute atomic E-state index is 11.2. The molecule has 0 spiro atoms. The zero-order chi connectivity index (χ0) is 13.4. The van der Waals surface area contributed by atoms with Crippen molar-refractivity contribution in [3.63, 3.8) is 0 Å². The lowest BCUT2D eigenvalue weighted by Gasteiger charge is -2.18. The van der Waals surface area contributed by atoms with Crippen LogP contribution in [0.4, 0.5) is 0 Å². The summed E-state index contributed by atoms with van der Waals surface area (Å²) in [5.74, 6) is -3.60. The monoisotopic (exact) mass is 166 g/mol. The van der Waals surface area contributed by atoms with E-state index in [1.54, 1.807) is 0 Å². The fraction of sp³-hybridized carbons (Fsp3) is 0.714. The Morgan fingerprint density at radius 3 is 2.55 bits per heavy atom. The number of carboxylic acids is 1. The predicted molar refractivity (Wildman–Crippen MR) is 38.2 cm³/mol. The van der Waals surface area contributed by atoms with Gasteiger partial charge < -0.3 is 10.2 Å². The maximum atomic E-state index is 11.2. The first-order valence-electron chi connectivity index (χ1n) is 5.42. The van der Waals surface area contributed by atoms with Gasteiger partial charge in [-0.3, -0.25) is 4.79 Å². The molecule has 0 saturated heterocycles. The summed E-state index contributed by atoms with van der Waals surface area (Å²) in [6, 6.07) is 0. The van der Waals surface area contributed by atoms with E-state index < -0.39 is 37.0 Å². The van der Waals surface area contributed by atoms with Crippen LogP contribution < -0.4 is 0 Å². The Bertz CT molecular complexity index is 310. The molecule has 0 aliphatic carbocycles. The van der Waals surface area contributed by atoms with E-state index in [0.717, 1.165) is 0 Å². The van der Waals surface area contributed by atoms with Gasteiger partial charge in [0.25, 0.3) is 0 Å². The molecule has 0 aromatic carbocycles. The van der Waals surface area contributed by atoms with Gasteiger partial charge >= 0.3 is 5.97 Å². The summed E-state index contributed by atoms with van der Waals surface area (Å²) in [4.78, 5) is 22.0. The van der Waals surface area contributed by atoms with Gasteiger partial charge in [-0.25, -0.2) is 4.79 Å². The highest BCUT2D eigenvalue weighted by Crippen LogP contribution is 2.13. The molecule has 0 aliphatic rings. The van der Waals surface area contributed by atoms with E-state index in [-0.39, 0.29) is 0 Å². The van der Waals surface area contributed by atoms with E-state index >= 15 is 0 Å². The number of Topliss-reactive ketones (excluding diaryl/α,β-unsaturated/α-hetero) is 1. The number of ketones is 1.